The van der Waals surface area contributed by atoms with E-state index in [9.17, 15) is 0 Å². The fourth-order valence-electron chi connectivity index (χ4n) is 9.14. The Morgan fingerprint density at radius 2 is 0.645 bits per heavy atom. The first-order valence-corrected chi connectivity index (χ1v) is 21.1. The van der Waals surface area contributed by atoms with E-state index in [0.29, 0.717) is 5.95 Å². The van der Waals surface area contributed by atoms with E-state index >= 15 is 0 Å². The summed E-state index contributed by atoms with van der Waals surface area (Å²) in [5, 5.41) is 4.80. The lowest BCUT2D eigenvalue weighted by Gasteiger charge is -2.12. The van der Waals surface area contributed by atoms with Crippen LogP contribution in [0.25, 0.3) is 111 Å². The molecule has 0 bridgehead atoms. The van der Waals surface area contributed by atoms with Crippen molar-refractivity contribution in [1.82, 2.24) is 19.1 Å². The van der Waals surface area contributed by atoms with Gasteiger partial charge in [0.05, 0.1) is 33.5 Å². The highest BCUT2D eigenvalue weighted by atomic mass is 15.2. The summed E-state index contributed by atoms with van der Waals surface area (Å²) in [4.78, 5) is 10.6. The Hall–Kier alpha value is -8.34. The molecule has 0 saturated heterocycles. The zero-order chi connectivity index (χ0) is 41.0. The molecule has 0 aliphatic heterocycles. The van der Waals surface area contributed by atoms with Crippen LogP contribution in [0, 0.1) is 0 Å². The largest absolute Gasteiger partial charge is 0.309 e. The van der Waals surface area contributed by atoms with E-state index in [1.54, 1.807) is 0 Å². The van der Waals surface area contributed by atoms with Crippen LogP contribution in [0.1, 0.15) is 0 Å². The number of para-hydroxylation sites is 2. The lowest BCUT2D eigenvalue weighted by molar-refractivity contribution is 0.996. The third-order valence-electron chi connectivity index (χ3n) is 12.2. The highest BCUT2D eigenvalue weighted by molar-refractivity contribution is 6.12. The number of aromatic nitrogens is 4. The number of fused-ring (bicyclic) bond motifs is 6. The smallest absolute Gasteiger partial charge is 0.235 e. The SMILES string of the molecule is c1ccc(-c2ccc3c4cc(-c5ccc(-c6ccc7c(c6)c6ccccc6n7-c6ccccc6)cc5)ccc4n(-c4nc(-c5ccccc5)cc(-c5ccccc5)n4)c3c2)cc1. The van der Waals surface area contributed by atoms with Crippen LogP contribution in [0.5, 0.6) is 0 Å². The number of rotatable bonds is 7. The lowest BCUT2D eigenvalue weighted by Crippen LogP contribution is -2.04. The van der Waals surface area contributed by atoms with Crippen LogP contribution < -0.4 is 0 Å². The molecule has 3 aromatic heterocycles. The molecule has 4 nitrogen and oxygen atoms in total. The third kappa shape index (κ3) is 6.08. The van der Waals surface area contributed by atoms with E-state index in [-0.39, 0.29) is 0 Å². The zero-order valence-corrected chi connectivity index (χ0v) is 33.7. The highest BCUT2D eigenvalue weighted by Gasteiger charge is 2.19. The summed E-state index contributed by atoms with van der Waals surface area (Å²) >= 11 is 0. The molecular weight excluding hydrogens is 753 g/mol. The molecule has 12 aromatic rings. The van der Waals surface area contributed by atoms with E-state index in [1.807, 2.05) is 12.1 Å². The number of hydrogen-bond donors (Lipinski definition) is 0. The summed E-state index contributed by atoms with van der Waals surface area (Å²) in [7, 11) is 0. The number of hydrogen-bond acceptors (Lipinski definition) is 2. The van der Waals surface area contributed by atoms with Crippen molar-refractivity contribution in [2.45, 2.75) is 0 Å². The monoisotopic (exact) mass is 790 g/mol. The van der Waals surface area contributed by atoms with Gasteiger partial charge in [0, 0.05) is 38.4 Å². The Morgan fingerprint density at radius 1 is 0.242 bits per heavy atom. The van der Waals surface area contributed by atoms with E-state index < -0.39 is 0 Å². The summed E-state index contributed by atoms with van der Waals surface area (Å²) in [6.45, 7) is 0. The van der Waals surface area contributed by atoms with Crippen LogP contribution >= 0.6 is 0 Å². The van der Waals surface area contributed by atoms with Crippen molar-refractivity contribution in [2.24, 2.45) is 0 Å². The Bertz CT molecular complexity index is 3530. The van der Waals surface area contributed by atoms with Crippen LogP contribution in [0.4, 0.5) is 0 Å². The molecule has 0 aliphatic carbocycles. The van der Waals surface area contributed by atoms with E-state index in [4.69, 9.17) is 9.97 Å². The predicted octanol–water partition coefficient (Wildman–Crippen LogP) is 15.0. The van der Waals surface area contributed by atoms with Gasteiger partial charge in [-0.2, -0.15) is 0 Å². The molecule has 290 valence electrons. The summed E-state index contributed by atoms with van der Waals surface area (Å²) < 4.78 is 4.61. The quantitative estimate of drug-likeness (QED) is 0.161. The second-order valence-electron chi connectivity index (χ2n) is 15.8. The summed E-state index contributed by atoms with van der Waals surface area (Å²) in [6, 6.07) is 82.2. The molecule has 0 N–H and O–H groups in total. The van der Waals surface area contributed by atoms with Gasteiger partial charge in [-0.3, -0.25) is 4.57 Å². The van der Waals surface area contributed by atoms with Gasteiger partial charge in [-0.15, -0.1) is 0 Å². The normalized spacial score (nSPS) is 11.5. The van der Waals surface area contributed by atoms with E-state index in [0.717, 1.165) is 72.3 Å². The van der Waals surface area contributed by atoms with Gasteiger partial charge in [0.25, 0.3) is 0 Å². The maximum absolute atomic E-state index is 5.30. The van der Waals surface area contributed by atoms with Crippen LogP contribution in [-0.4, -0.2) is 19.1 Å². The van der Waals surface area contributed by atoms with Gasteiger partial charge in [0.15, 0.2) is 0 Å². The number of nitrogens with zero attached hydrogens (tertiary/aromatic N) is 4. The lowest BCUT2D eigenvalue weighted by atomic mass is 9.98. The molecule has 0 unspecified atom stereocenters. The molecule has 0 atom stereocenters. The second kappa shape index (κ2) is 14.7. The van der Waals surface area contributed by atoms with Crippen molar-refractivity contribution in [3.8, 4) is 67.5 Å². The topological polar surface area (TPSA) is 35.6 Å². The van der Waals surface area contributed by atoms with Crippen molar-refractivity contribution < 1.29 is 0 Å². The summed E-state index contributed by atoms with van der Waals surface area (Å²) in [5.41, 5.74) is 16.5. The minimum absolute atomic E-state index is 0.636. The van der Waals surface area contributed by atoms with E-state index in [2.05, 4.69) is 228 Å². The Kier molecular flexibility index (Phi) is 8.46. The first kappa shape index (κ1) is 35.6. The van der Waals surface area contributed by atoms with Gasteiger partial charge in [-0.1, -0.05) is 176 Å². The fourth-order valence-corrected chi connectivity index (χ4v) is 9.14. The average molecular weight is 791 g/mol. The van der Waals surface area contributed by atoms with Crippen LogP contribution in [0.3, 0.4) is 0 Å². The molecule has 0 aliphatic rings. The molecule has 62 heavy (non-hydrogen) atoms. The molecule has 0 radical (unpaired) electrons. The highest BCUT2D eigenvalue weighted by Crippen LogP contribution is 2.39. The van der Waals surface area contributed by atoms with Crippen molar-refractivity contribution >= 4 is 43.6 Å². The van der Waals surface area contributed by atoms with Crippen molar-refractivity contribution in [1.29, 1.82) is 0 Å². The predicted molar refractivity (Wildman–Crippen MR) is 258 cm³/mol. The fraction of sp³-hybridized carbons (Fsp3) is 0. The zero-order valence-electron chi connectivity index (χ0n) is 33.7. The van der Waals surface area contributed by atoms with Gasteiger partial charge in [-0.05, 0) is 88.0 Å². The first-order valence-electron chi connectivity index (χ1n) is 21.1. The van der Waals surface area contributed by atoms with Gasteiger partial charge in [-0.25, -0.2) is 9.97 Å². The maximum atomic E-state index is 5.30. The molecule has 3 heterocycles. The molecule has 4 heteroatoms. The van der Waals surface area contributed by atoms with Crippen molar-refractivity contribution in [3.05, 3.63) is 231 Å². The van der Waals surface area contributed by atoms with Crippen LogP contribution in [0.15, 0.2) is 231 Å². The number of benzene rings is 9. The van der Waals surface area contributed by atoms with Crippen LogP contribution in [-0.2, 0) is 0 Å². The Labute approximate surface area is 359 Å². The standard InChI is InChI=1S/C58H38N4/c1-5-15-39(16-6-1)46-29-32-49-51-36-45(31-34-56(51)62(57(49)37-46)58-59-52(42-17-7-2-8-18-42)38-53(60-58)43-19-9-3-10-20-43)41-27-25-40(26-28-41)44-30-33-55-50(35-44)48-23-13-14-24-54(48)61(55)47-21-11-4-12-22-47/h1-38H. The van der Waals surface area contributed by atoms with Crippen molar-refractivity contribution in [2.75, 3.05) is 0 Å². The molecule has 0 spiro atoms. The van der Waals surface area contributed by atoms with Gasteiger partial charge in [0.2, 0.25) is 5.95 Å². The Balaban J connectivity index is 0.987. The summed E-state index contributed by atoms with van der Waals surface area (Å²) in [6.07, 6.45) is 0. The first-order chi connectivity index (χ1) is 30.7. The van der Waals surface area contributed by atoms with Gasteiger partial charge >= 0.3 is 0 Å². The molecular formula is C58H38N4. The molecule has 0 fully saturated rings. The third-order valence-corrected chi connectivity index (χ3v) is 12.2. The minimum atomic E-state index is 0.636. The van der Waals surface area contributed by atoms with E-state index in [1.165, 1.54) is 32.9 Å². The van der Waals surface area contributed by atoms with Crippen molar-refractivity contribution in [3.63, 3.8) is 0 Å². The molecule has 0 saturated carbocycles. The van der Waals surface area contributed by atoms with Gasteiger partial charge in [0.1, 0.15) is 0 Å². The molecule has 9 aromatic carbocycles. The summed E-state index contributed by atoms with van der Waals surface area (Å²) in [5.74, 6) is 0.636. The molecule has 12 rings (SSSR count). The minimum Gasteiger partial charge on any atom is -0.309 e. The average Bonchev–Trinajstić information content (AvgIpc) is 3.87. The van der Waals surface area contributed by atoms with Crippen LogP contribution in [0.2, 0.25) is 0 Å². The van der Waals surface area contributed by atoms with Gasteiger partial charge < -0.3 is 4.57 Å². The molecule has 0 amide bonds. The second-order valence-corrected chi connectivity index (χ2v) is 15.8. The maximum Gasteiger partial charge on any atom is 0.235 e. The Morgan fingerprint density at radius 3 is 1.23 bits per heavy atom.